The second-order valence-corrected chi connectivity index (χ2v) is 4.15. The predicted molar refractivity (Wildman–Crippen MR) is 59.7 cm³/mol. The van der Waals surface area contributed by atoms with E-state index < -0.39 is 5.97 Å². The lowest BCUT2D eigenvalue weighted by atomic mass is 10.1. The molecule has 5 heteroatoms. The van der Waals surface area contributed by atoms with E-state index in [4.69, 9.17) is 10.8 Å². The topological polar surface area (TPSA) is 79.5 Å². The van der Waals surface area contributed by atoms with Crippen molar-refractivity contribution in [1.29, 1.82) is 0 Å². The van der Waals surface area contributed by atoms with Crippen LogP contribution in [0.4, 0.5) is 5.82 Å². The largest absolute Gasteiger partial charge is 0.481 e. The molecule has 1 unspecified atom stereocenters. The lowest BCUT2D eigenvalue weighted by Gasteiger charge is -2.14. The molecule has 2 heterocycles. The van der Waals surface area contributed by atoms with Gasteiger partial charge in [0.15, 0.2) is 0 Å². The summed E-state index contributed by atoms with van der Waals surface area (Å²) < 4.78 is 0. The van der Waals surface area contributed by atoms with E-state index in [9.17, 15) is 4.79 Å². The predicted octanol–water partition coefficient (Wildman–Crippen LogP) is 0.570. The Bertz CT molecular complexity index is 377. The molecule has 1 aliphatic heterocycles. The smallest absolute Gasteiger partial charge is 0.307 e. The fourth-order valence-corrected chi connectivity index (χ4v) is 1.97. The number of hydrogen-bond donors (Lipinski definition) is 2. The molecule has 0 amide bonds. The Morgan fingerprint density at radius 3 is 3.00 bits per heavy atom. The number of anilines is 1. The molecule has 16 heavy (non-hydrogen) atoms. The maximum absolute atomic E-state index is 10.8. The van der Waals surface area contributed by atoms with E-state index in [1.165, 1.54) is 0 Å². The number of nitrogen functional groups attached to an aromatic ring is 1. The van der Waals surface area contributed by atoms with E-state index in [0.29, 0.717) is 12.4 Å². The quantitative estimate of drug-likeness (QED) is 0.780. The van der Waals surface area contributed by atoms with E-state index in [-0.39, 0.29) is 5.92 Å². The van der Waals surface area contributed by atoms with Crippen LogP contribution in [0.5, 0.6) is 0 Å². The van der Waals surface area contributed by atoms with Crippen LogP contribution >= 0.6 is 0 Å². The van der Waals surface area contributed by atoms with Crippen LogP contribution in [0.1, 0.15) is 12.0 Å². The van der Waals surface area contributed by atoms with Crippen LogP contribution in [0.25, 0.3) is 0 Å². The van der Waals surface area contributed by atoms with Gasteiger partial charge in [0.1, 0.15) is 5.82 Å². The van der Waals surface area contributed by atoms with Crippen LogP contribution in [0.2, 0.25) is 0 Å². The highest BCUT2D eigenvalue weighted by Crippen LogP contribution is 2.18. The van der Waals surface area contributed by atoms with Crippen molar-refractivity contribution in [1.82, 2.24) is 9.88 Å². The van der Waals surface area contributed by atoms with Crippen molar-refractivity contribution in [3.63, 3.8) is 0 Å². The van der Waals surface area contributed by atoms with E-state index in [1.54, 1.807) is 12.3 Å². The molecule has 2 rings (SSSR count). The number of pyridine rings is 1. The van der Waals surface area contributed by atoms with Crippen molar-refractivity contribution in [2.75, 3.05) is 18.8 Å². The molecule has 1 saturated heterocycles. The Labute approximate surface area is 93.9 Å². The van der Waals surface area contributed by atoms with Crippen LogP contribution in [0.15, 0.2) is 18.3 Å². The summed E-state index contributed by atoms with van der Waals surface area (Å²) in [5, 5.41) is 8.88. The molecular weight excluding hydrogens is 206 g/mol. The van der Waals surface area contributed by atoms with E-state index >= 15 is 0 Å². The average molecular weight is 221 g/mol. The lowest BCUT2D eigenvalue weighted by Crippen LogP contribution is -2.22. The van der Waals surface area contributed by atoms with Crippen molar-refractivity contribution < 1.29 is 9.90 Å². The number of nitrogens with two attached hydrogens (primary N) is 1. The molecule has 0 saturated carbocycles. The molecule has 5 nitrogen and oxygen atoms in total. The van der Waals surface area contributed by atoms with Gasteiger partial charge in [0.2, 0.25) is 0 Å². The Balaban J connectivity index is 1.92. The molecule has 1 aliphatic rings. The number of carboxylic acid groups (broad SMARTS) is 1. The number of carbonyl (C=O) groups is 1. The summed E-state index contributed by atoms with van der Waals surface area (Å²) in [6, 6.07) is 3.69. The standard InChI is InChI=1S/C11H15N3O2/c12-10-2-1-8(5-13-10)6-14-4-3-9(7-14)11(15)16/h1-2,5,9H,3-4,6-7H2,(H2,12,13)(H,15,16). The normalized spacial score (nSPS) is 21.1. The molecule has 0 aliphatic carbocycles. The summed E-state index contributed by atoms with van der Waals surface area (Å²) in [6.45, 7) is 2.21. The summed E-state index contributed by atoms with van der Waals surface area (Å²) >= 11 is 0. The molecule has 0 bridgehead atoms. The lowest BCUT2D eigenvalue weighted by molar-refractivity contribution is -0.141. The first-order valence-electron chi connectivity index (χ1n) is 5.30. The molecule has 1 atom stereocenters. The highest BCUT2D eigenvalue weighted by Gasteiger charge is 2.27. The fourth-order valence-electron chi connectivity index (χ4n) is 1.97. The Kier molecular flexibility index (Phi) is 3.05. The van der Waals surface area contributed by atoms with Gasteiger partial charge in [-0.2, -0.15) is 0 Å². The number of rotatable bonds is 3. The van der Waals surface area contributed by atoms with Gasteiger partial charge in [-0.1, -0.05) is 6.07 Å². The van der Waals surface area contributed by atoms with Crippen molar-refractivity contribution in [2.45, 2.75) is 13.0 Å². The third kappa shape index (κ3) is 2.49. The van der Waals surface area contributed by atoms with Gasteiger partial charge in [-0.15, -0.1) is 0 Å². The maximum atomic E-state index is 10.8. The first-order chi connectivity index (χ1) is 7.65. The zero-order valence-corrected chi connectivity index (χ0v) is 8.97. The molecule has 1 aromatic heterocycles. The third-order valence-electron chi connectivity index (χ3n) is 2.88. The van der Waals surface area contributed by atoms with Crippen molar-refractivity contribution >= 4 is 11.8 Å². The minimum absolute atomic E-state index is 0.221. The van der Waals surface area contributed by atoms with Gasteiger partial charge in [0.05, 0.1) is 5.92 Å². The zero-order chi connectivity index (χ0) is 11.5. The molecule has 1 aromatic rings. The van der Waals surface area contributed by atoms with Gasteiger partial charge in [0.25, 0.3) is 0 Å². The van der Waals surface area contributed by atoms with Crippen LogP contribution in [0.3, 0.4) is 0 Å². The molecule has 0 radical (unpaired) electrons. The van der Waals surface area contributed by atoms with Gasteiger partial charge >= 0.3 is 5.97 Å². The summed E-state index contributed by atoms with van der Waals surface area (Å²) in [6.07, 6.45) is 2.47. The van der Waals surface area contributed by atoms with Crippen molar-refractivity contribution in [3.8, 4) is 0 Å². The minimum Gasteiger partial charge on any atom is -0.481 e. The Hall–Kier alpha value is -1.62. The van der Waals surface area contributed by atoms with Crippen molar-refractivity contribution in [3.05, 3.63) is 23.9 Å². The number of carboxylic acids is 1. The monoisotopic (exact) mass is 221 g/mol. The molecule has 1 fully saturated rings. The Morgan fingerprint density at radius 1 is 1.62 bits per heavy atom. The first-order valence-corrected chi connectivity index (χ1v) is 5.30. The summed E-state index contributed by atoms with van der Waals surface area (Å²) in [7, 11) is 0. The van der Waals surface area contributed by atoms with Gasteiger partial charge in [-0.25, -0.2) is 4.98 Å². The van der Waals surface area contributed by atoms with E-state index in [0.717, 1.165) is 25.1 Å². The Morgan fingerprint density at radius 2 is 2.44 bits per heavy atom. The fraction of sp³-hybridized carbons (Fsp3) is 0.455. The van der Waals surface area contributed by atoms with Crippen LogP contribution in [-0.4, -0.2) is 34.0 Å². The van der Waals surface area contributed by atoms with Crippen molar-refractivity contribution in [2.24, 2.45) is 5.92 Å². The number of likely N-dealkylation sites (tertiary alicyclic amines) is 1. The number of hydrogen-bond acceptors (Lipinski definition) is 4. The maximum Gasteiger partial charge on any atom is 0.307 e. The molecular formula is C11H15N3O2. The van der Waals surface area contributed by atoms with Crippen LogP contribution < -0.4 is 5.73 Å². The van der Waals surface area contributed by atoms with Crippen LogP contribution in [-0.2, 0) is 11.3 Å². The summed E-state index contributed by atoms with van der Waals surface area (Å²) in [5.74, 6) is -0.409. The van der Waals surface area contributed by atoms with Gasteiger partial charge in [0, 0.05) is 19.3 Å². The summed E-state index contributed by atoms with van der Waals surface area (Å²) in [4.78, 5) is 16.9. The van der Waals surface area contributed by atoms with Gasteiger partial charge in [-0.3, -0.25) is 9.69 Å². The second kappa shape index (κ2) is 4.49. The highest BCUT2D eigenvalue weighted by atomic mass is 16.4. The number of aromatic nitrogens is 1. The molecule has 86 valence electrons. The van der Waals surface area contributed by atoms with E-state index in [1.807, 2.05) is 6.07 Å². The third-order valence-corrected chi connectivity index (χ3v) is 2.88. The van der Waals surface area contributed by atoms with Gasteiger partial charge in [-0.05, 0) is 24.6 Å². The summed E-state index contributed by atoms with van der Waals surface area (Å²) in [5.41, 5.74) is 6.56. The molecule has 3 N–H and O–H groups in total. The highest BCUT2D eigenvalue weighted by molar-refractivity contribution is 5.70. The first kappa shape index (κ1) is 10.9. The number of aliphatic carboxylic acids is 1. The zero-order valence-electron chi connectivity index (χ0n) is 8.97. The van der Waals surface area contributed by atoms with Gasteiger partial charge < -0.3 is 10.8 Å². The average Bonchev–Trinajstić information content (AvgIpc) is 2.70. The van der Waals surface area contributed by atoms with Crippen LogP contribution in [0, 0.1) is 5.92 Å². The molecule has 0 aromatic carbocycles. The molecule has 0 spiro atoms. The second-order valence-electron chi connectivity index (χ2n) is 4.15. The number of nitrogens with zero attached hydrogens (tertiary/aromatic N) is 2. The van der Waals surface area contributed by atoms with E-state index in [2.05, 4.69) is 9.88 Å². The SMILES string of the molecule is Nc1ccc(CN2CCC(C(=O)O)C2)cn1. The minimum atomic E-state index is -0.696.